The molecular formula is C27H37FN4O. The fourth-order valence-corrected chi connectivity index (χ4v) is 4.21. The molecule has 0 N–H and O–H groups in total. The van der Waals surface area contributed by atoms with Crippen molar-refractivity contribution in [1.82, 2.24) is 19.4 Å². The highest BCUT2D eigenvalue weighted by atomic mass is 19.1. The van der Waals surface area contributed by atoms with E-state index < -0.39 is 5.82 Å². The molecule has 0 unspecified atom stereocenters. The molecule has 33 heavy (non-hydrogen) atoms. The van der Waals surface area contributed by atoms with Gasteiger partial charge in [0.2, 0.25) is 0 Å². The van der Waals surface area contributed by atoms with E-state index >= 15 is 0 Å². The van der Waals surface area contributed by atoms with E-state index in [1.54, 1.807) is 17.0 Å². The number of halogens is 1. The molecular weight excluding hydrogens is 415 g/mol. The number of benzene rings is 2. The Kier molecular flexibility index (Phi) is 9.01. The van der Waals surface area contributed by atoms with E-state index in [9.17, 15) is 9.18 Å². The molecule has 178 valence electrons. The van der Waals surface area contributed by atoms with Crippen molar-refractivity contribution in [2.24, 2.45) is 0 Å². The molecule has 3 rings (SSSR count). The largest absolute Gasteiger partial charge is 0.331 e. The van der Waals surface area contributed by atoms with E-state index in [0.29, 0.717) is 18.7 Å². The number of unbranched alkanes of at least 4 members (excludes halogenated alkanes) is 1. The Hall–Kier alpha value is -2.73. The third kappa shape index (κ3) is 6.20. The van der Waals surface area contributed by atoms with Crippen LogP contribution in [-0.4, -0.2) is 44.9 Å². The second-order valence-electron chi connectivity index (χ2n) is 8.55. The second-order valence-corrected chi connectivity index (χ2v) is 8.55. The summed E-state index contributed by atoms with van der Waals surface area (Å²) in [5, 5.41) is 0. The summed E-state index contributed by atoms with van der Waals surface area (Å²) in [5.41, 5.74) is 3.71. The summed E-state index contributed by atoms with van der Waals surface area (Å²) in [6, 6.07) is 12.5. The first-order valence-corrected chi connectivity index (χ1v) is 12.3. The molecule has 0 fully saturated rings. The molecule has 0 atom stereocenters. The van der Waals surface area contributed by atoms with Crippen molar-refractivity contribution in [3.63, 3.8) is 0 Å². The Balaban J connectivity index is 1.94. The maximum Gasteiger partial charge on any atom is 0.254 e. The molecule has 5 nitrogen and oxygen atoms in total. The van der Waals surface area contributed by atoms with Gasteiger partial charge in [0.1, 0.15) is 11.6 Å². The minimum atomic E-state index is -0.395. The van der Waals surface area contributed by atoms with Crippen LogP contribution >= 0.6 is 0 Å². The average molecular weight is 453 g/mol. The first-order chi connectivity index (χ1) is 16.0. The number of carbonyl (C=O) groups is 1. The van der Waals surface area contributed by atoms with E-state index in [4.69, 9.17) is 4.98 Å². The molecule has 0 saturated heterocycles. The SMILES string of the molecule is CCCCn1c(CN(CCC)C(=O)c2cccc(F)c2)nc2cc(CN(CC)CC)ccc21. The number of carbonyl (C=O) groups excluding carboxylic acids is 1. The molecule has 3 aromatic rings. The van der Waals surface area contributed by atoms with Crippen molar-refractivity contribution in [1.29, 1.82) is 0 Å². The van der Waals surface area contributed by atoms with Crippen LogP contribution in [0.1, 0.15) is 68.7 Å². The zero-order valence-corrected chi connectivity index (χ0v) is 20.5. The Bertz CT molecular complexity index is 1060. The van der Waals surface area contributed by atoms with Gasteiger partial charge < -0.3 is 9.47 Å². The van der Waals surface area contributed by atoms with E-state index in [-0.39, 0.29) is 5.91 Å². The summed E-state index contributed by atoms with van der Waals surface area (Å²) in [5.74, 6) is 0.331. The number of aromatic nitrogens is 2. The first kappa shape index (κ1) is 24.9. The fraction of sp³-hybridized carbons (Fsp3) is 0.481. The lowest BCUT2D eigenvalue weighted by Crippen LogP contribution is -2.32. The molecule has 0 aliphatic rings. The van der Waals surface area contributed by atoms with Gasteiger partial charge >= 0.3 is 0 Å². The van der Waals surface area contributed by atoms with Crippen LogP contribution in [0.3, 0.4) is 0 Å². The van der Waals surface area contributed by atoms with Crippen LogP contribution in [0.5, 0.6) is 0 Å². The minimum Gasteiger partial charge on any atom is -0.331 e. The van der Waals surface area contributed by atoms with Crippen LogP contribution in [0, 0.1) is 5.82 Å². The van der Waals surface area contributed by atoms with Gasteiger partial charge in [-0.05, 0) is 61.8 Å². The van der Waals surface area contributed by atoms with Crippen LogP contribution in [0.25, 0.3) is 11.0 Å². The molecule has 0 spiro atoms. The molecule has 0 aliphatic heterocycles. The maximum atomic E-state index is 13.7. The topological polar surface area (TPSA) is 41.4 Å². The van der Waals surface area contributed by atoms with Gasteiger partial charge in [-0.25, -0.2) is 9.37 Å². The highest BCUT2D eigenvalue weighted by Crippen LogP contribution is 2.22. The van der Waals surface area contributed by atoms with Crippen molar-refractivity contribution >= 4 is 16.9 Å². The van der Waals surface area contributed by atoms with Gasteiger partial charge in [-0.1, -0.05) is 46.2 Å². The van der Waals surface area contributed by atoms with E-state index in [2.05, 4.69) is 48.4 Å². The number of hydrogen-bond acceptors (Lipinski definition) is 3. The molecule has 0 radical (unpaired) electrons. The number of imidazole rings is 1. The fourth-order valence-electron chi connectivity index (χ4n) is 4.21. The third-order valence-electron chi connectivity index (χ3n) is 6.11. The number of amides is 1. The van der Waals surface area contributed by atoms with Crippen molar-refractivity contribution in [2.45, 2.75) is 66.6 Å². The summed E-state index contributed by atoms with van der Waals surface area (Å²) in [7, 11) is 0. The lowest BCUT2D eigenvalue weighted by atomic mass is 10.2. The number of nitrogens with zero attached hydrogens (tertiary/aromatic N) is 4. The number of aryl methyl sites for hydroxylation is 1. The van der Waals surface area contributed by atoms with Gasteiger partial charge in [-0.3, -0.25) is 9.69 Å². The summed E-state index contributed by atoms with van der Waals surface area (Å²) in [4.78, 5) is 22.3. The molecule has 2 aromatic carbocycles. The summed E-state index contributed by atoms with van der Waals surface area (Å²) < 4.78 is 16.0. The first-order valence-electron chi connectivity index (χ1n) is 12.3. The molecule has 0 saturated carbocycles. The zero-order chi connectivity index (χ0) is 23.8. The van der Waals surface area contributed by atoms with Crippen LogP contribution in [0.15, 0.2) is 42.5 Å². The average Bonchev–Trinajstić information content (AvgIpc) is 3.16. The Morgan fingerprint density at radius 3 is 2.45 bits per heavy atom. The second kappa shape index (κ2) is 11.9. The summed E-state index contributed by atoms with van der Waals surface area (Å²) in [6.45, 7) is 13.4. The van der Waals surface area contributed by atoms with Crippen molar-refractivity contribution < 1.29 is 9.18 Å². The Morgan fingerprint density at radius 2 is 1.79 bits per heavy atom. The highest BCUT2D eigenvalue weighted by molar-refractivity contribution is 5.94. The Labute approximate surface area is 197 Å². The van der Waals surface area contributed by atoms with Crippen LogP contribution < -0.4 is 0 Å². The predicted molar refractivity (Wildman–Crippen MR) is 133 cm³/mol. The van der Waals surface area contributed by atoms with Gasteiger partial charge in [0.25, 0.3) is 5.91 Å². The van der Waals surface area contributed by atoms with Crippen LogP contribution in [0.2, 0.25) is 0 Å². The number of hydrogen-bond donors (Lipinski definition) is 0. The monoisotopic (exact) mass is 452 g/mol. The number of rotatable bonds is 12. The molecule has 0 aliphatic carbocycles. The van der Waals surface area contributed by atoms with Crippen molar-refractivity contribution in [3.8, 4) is 0 Å². The van der Waals surface area contributed by atoms with Crippen molar-refractivity contribution in [3.05, 3.63) is 65.2 Å². The lowest BCUT2D eigenvalue weighted by Gasteiger charge is -2.22. The standard InChI is InChI=1S/C27H37FN4O/c1-5-9-16-32-25-14-13-21(19-30(7-3)8-4)17-24(25)29-26(32)20-31(15-6-2)27(33)22-11-10-12-23(28)18-22/h10-14,17-18H,5-9,15-16,19-20H2,1-4H3. The van der Waals surface area contributed by atoms with Gasteiger partial charge in [0, 0.05) is 25.2 Å². The zero-order valence-electron chi connectivity index (χ0n) is 20.5. The maximum absolute atomic E-state index is 13.7. The molecule has 1 heterocycles. The van der Waals surface area contributed by atoms with Gasteiger partial charge in [0.05, 0.1) is 17.6 Å². The highest BCUT2D eigenvalue weighted by Gasteiger charge is 2.20. The summed E-state index contributed by atoms with van der Waals surface area (Å²) >= 11 is 0. The predicted octanol–water partition coefficient (Wildman–Crippen LogP) is 5.87. The van der Waals surface area contributed by atoms with E-state index in [1.165, 1.54) is 17.7 Å². The molecule has 1 aromatic heterocycles. The smallest absolute Gasteiger partial charge is 0.254 e. The molecule has 6 heteroatoms. The van der Waals surface area contributed by atoms with Crippen molar-refractivity contribution in [2.75, 3.05) is 19.6 Å². The summed E-state index contributed by atoms with van der Waals surface area (Å²) in [6.07, 6.45) is 2.95. The van der Waals surface area contributed by atoms with Crippen LogP contribution in [0.4, 0.5) is 4.39 Å². The van der Waals surface area contributed by atoms with Gasteiger partial charge in [0.15, 0.2) is 0 Å². The molecule has 0 bridgehead atoms. The quantitative estimate of drug-likeness (QED) is 0.345. The molecule has 1 amide bonds. The Morgan fingerprint density at radius 1 is 1.00 bits per heavy atom. The van der Waals surface area contributed by atoms with E-state index in [1.807, 2.05) is 6.92 Å². The minimum absolute atomic E-state index is 0.160. The lowest BCUT2D eigenvalue weighted by molar-refractivity contribution is 0.0736. The normalized spacial score (nSPS) is 11.5. The van der Waals surface area contributed by atoms with Crippen LogP contribution in [-0.2, 0) is 19.6 Å². The van der Waals surface area contributed by atoms with Gasteiger partial charge in [-0.15, -0.1) is 0 Å². The van der Waals surface area contributed by atoms with E-state index in [0.717, 1.165) is 62.3 Å². The third-order valence-corrected chi connectivity index (χ3v) is 6.11. The van der Waals surface area contributed by atoms with Gasteiger partial charge in [-0.2, -0.15) is 0 Å². The number of fused-ring (bicyclic) bond motifs is 1.